The Morgan fingerprint density at radius 2 is 1.65 bits per heavy atom. The van der Waals surface area contributed by atoms with Gasteiger partial charge in [0.1, 0.15) is 0 Å². The van der Waals surface area contributed by atoms with Gasteiger partial charge in [0.05, 0.1) is 13.0 Å². The summed E-state index contributed by atoms with van der Waals surface area (Å²) >= 11 is 0. The number of hydrogen-bond acceptors (Lipinski definition) is 1. The normalized spacial score (nSPS) is 11.8. The number of halogens is 4. The minimum Gasteiger partial charge on any atom is -0.357 e. The molecule has 0 bridgehead atoms. The fraction of sp³-hybridized carbons (Fsp3) is 0.562. The van der Waals surface area contributed by atoms with Crippen molar-refractivity contribution in [1.82, 2.24) is 10.6 Å². The second-order valence-electron chi connectivity index (χ2n) is 4.97. The molecule has 2 N–H and O–H groups in total. The molecule has 0 spiro atoms. The molecule has 132 valence electrons. The third-order valence-electron chi connectivity index (χ3n) is 3.15. The summed E-state index contributed by atoms with van der Waals surface area (Å²) in [5.74, 6) is 0.428. The Labute approximate surface area is 153 Å². The highest BCUT2D eigenvalue weighted by atomic mass is 127. The quantitative estimate of drug-likeness (QED) is 0.381. The lowest BCUT2D eigenvalue weighted by Gasteiger charge is -2.12. The van der Waals surface area contributed by atoms with Crippen LogP contribution in [-0.4, -0.2) is 31.8 Å². The lowest BCUT2D eigenvalue weighted by Crippen LogP contribution is -2.38. The zero-order chi connectivity index (χ0) is 16.4. The molecule has 0 aliphatic heterocycles. The van der Waals surface area contributed by atoms with E-state index < -0.39 is 12.6 Å². The van der Waals surface area contributed by atoms with Crippen LogP contribution in [0, 0.1) is 0 Å². The summed E-state index contributed by atoms with van der Waals surface area (Å²) in [4.78, 5) is 3.93. The molecule has 3 nitrogen and oxygen atoms in total. The average molecular weight is 443 g/mol. The Kier molecular flexibility index (Phi) is 11.0. The van der Waals surface area contributed by atoms with E-state index in [0.29, 0.717) is 19.0 Å². The maximum Gasteiger partial charge on any atom is 0.390 e. The molecule has 0 amide bonds. The van der Waals surface area contributed by atoms with Gasteiger partial charge in [-0.2, -0.15) is 13.2 Å². The Hall–Kier alpha value is -0.990. The second-order valence-corrected chi connectivity index (χ2v) is 4.97. The van der Waals surface area contributed by atoms with Crippen molar-refractivity contribution in [3.63, 3.8) is 0 Å². The minimum atomic E-state index is -4.16. The van der Waals surface area contributed by atoms with Crippen molar-refractivity contribution in [2.24, 2.45) is 4.99 Å². The molecule has 0 aliphatic rings. The van der Waals surface area contributed by atoms with Gasteiger partial charge in [-0.3, -0.25) is 4.99 Å². The number of alkyl halides is 3. The summed E-state index contributed by atoms with van der Waals surface area (Å²) in [7, 11) is 0. The Morgan fingerprint density at radius 3 is 2.17 bits per heavy atom. The zero-order valence-electron chi connectivity index (χ0n) is 13.5. The van der Waals surface area contributed by atoms with E-state index in [4.69, 9.17) is 0 Å². The molecule has 1 aromatic carbocycles. The van der Waals surface area contributed by atoms with Crippen molar-refractivity contribution in [2.45, 2.75) is 39.3 Å². The van der Waals surface area contributed by atoms with Gasteiger partial charge in [-0.15, -0.1) is 24.0 Å². The number of nitrogens with one attached hydrogen (secondary N) is 2. The fourth-order valence-corrected chi connectivity index (χ4v) is 1.90. The van der Waals surface area contributed by atoms with Crippen LogP contribution in [-0.2, 0) is 12.8 Å². The van der Waals surface area contributed by atoms with E-state index in [1.807, 2.05) is 6.92 Å². The van der Waals surface area contributed by atoms with Crippen molar-refractivity contribution in [2.75, 3.05) is 19.6 Å². The van der Waals surface area contributed by atoms with Gasteiger partial charge in [0.2, 0.25) is 0 Å². The van der Waals surface area contributed by atoms with Crippen LogP contribution in [0.4, 0.5) is 13.2 Å². The molecule has 23 heavy (non-hydrogen) atoms. The molecule has 1 rings (SSSR count). The molecule has 0 saturated carbocycles. The predicted octanol–water partition coefficient (Wildman–Crippen LogP) is 3.92. The number of benzene rings is 1. The zero-order valence-corrected chi connectivity index (χ0v) is 15.9. The van der Waals surface area contributed by atoms with Crippen LogP contribution < -0.4 is 10.6 Å². The highest BCUT2D eigenvalue weighted by Crippen LogP contribution is 2.18. The van der Waals surface area contributed by atoms with E-state index in [1.54, 1.807) is 0 Å². The first kappa shape index (κ1) is 22.0. The number of guanidine groups is 1. The maximum atomic E-state index is 12.1. The first-order chi connectivity index (χ1) is 10.4. The van der Waals surface area contributed by atoms with Crippen molar-refractivity contribution >= 4 is 29.9 Å². The van der Waals surface area contributed by atoms with Crippen LogP contribution in [0.15, 0.2) is 29.3 Å². The second kappa shape index (κ2) is 11.5. The summed E-state index contributed by atoms with van der Waals surface area (Å²) in [6.45, 7) is 4.97. The van der Waals surface area contributed by atoms with Crippen molar-refractivity contribution in [3.05, 3.63) is 35.4 Å². The van der Waals surface area contributed by atoms with Crippen LogP contribution in [0.5, 0.6) is 0 Å². The van der Waals surface area contributed by atoms with E-state index in [9.17, 15) is 13.2 Å². The smallest absolute Gasteiger partial charge is 0.357 e. The van der Waals surface area contributed by atoms with Crippen LogP contribution >= 0.6 is 24.0 Å². The maximum absolute atomic E-state index is 12.1. The average Bonchev–Trinajstić information content (AvgIpc) is 2.46. The molecule has 0 fully saturated rings. The number of nitrogens with zero attached hydrogens (tertiary/aromatic N) is 1. The molecule has 0 atom stereocenters. The van der Waals surface area contributed by atoms with Crippen LogP contribution in [0.2, 0.25) is 0 Å². The van der Waals surface area contributed by atoms with E-state index in [2.05, 4.69) is 46.8 Å². The summed E-state index contributed by atoms with van der Waals surface area (Å²) in [6.07, 6.45) is -3.26. The molecule has 1 aromatic rings. The highest BCUT2D eigenvalue weighted by molar-refractivity contribution is 14.0. The van der Waals surface area contributed by atoms with Crippen molar-refractivity contribution < 1.29 is 13.2 Å². The monoisotopic (exact) mass is 443 g/mol. The van der Waals surface area contributed by atoms with Crippen LogP contribution in [0.25, 0.3) is 0 Å². The molecule has 0 aromatic heterocycles. The van der Waals surface area contributed by atoms with Gasteiger partial charge < -0.3 is 10.6 Å². The summed E-state index contributed by atoms with van der Waals surface area (Å²) in [5.41, 5.74) is 2.48. The molecular formula is C16H25F3IN3. The SMILES string of the molecule is CCNC(=NCCC(F)(F)F)NCCc1ccc(CC)cc1.I. The summed E-state index contributed by atoms with van der Waals surface area (Å²) in [5, 5.41) is 6.00. The number of aliphatic imine (C=N–C) groups is 1. The standard InChI is InChI=1S/C16H24F3N3.HI/c1-3-13-5-7-14(8-6-13)9-11-21-15(20-4-2)22-12-10-16(17,18)19;/h5-8H,3-4,9-12H2,1-2H3,(H2,20,21,22);1H. The van der Waals surface area contributed by atoms with Crippen molar-refractivity contribution in [3.8, 4) is 0 Å². The summed E-state index contributed by atoms with van der Waals surface area (Å²) in [6, 6.07) is 8.35. The van der Waals surface area contributed by atoms with Gasteiger partial charge in [0, 0.05) is 13.1 Å². The van der Waals surface area contributed by atoms with Crippen LogP contribution in [0.3, 0.4) is 0 Å². The fourth-order valence-electron chi connectivity index (χ4n) is 1.90. The van der Waals surface area contributed by atoms with Gasteiger partial charge >= 0.3 is 6.18 Å². The number of aryl methyl sites for hydroxylation is 1. The third-order valence-corrected chi connectivity index (χ3v) is 3.15. The molecular weight excluding hydrogens is 418 g/mol. The largest absolute Gasteiger partial charge is 0.390 e. The van der Waals surface area contributed by atoms with E-state index >= 15 is 0 Å². The third kappa shape index (κ3) is 10.4. The molecule has 0 radical (unpaired) electrons. The predicted molar refractivity (Wildman–Crippen MR) is 99.6 cm³/mol. The first-order valence-corrected chi connectivity index (χ1v) is 7.61. The Bertz CT molecular complexity index is 459. The van der Waals surface area contributed by atoms with Gasteiger partial charge in [0.15, 0.2) is 5.96 Å². The van der Waals surface area contributed by atoms with Crippen molar-refractivity contribution in [1.29, 1.82) is 0 Å². The minimum absolute atomic E-state index is 0. The van der Waals surface area contributed by atoms with E-state index in [-0.39, 0.29) is 30.5 Å². The lowest BCUT2D eigenvalue weighted by atomic mass is 10.1. The molecule has 0 heterocycles. The van der Waals surface area contributed by atoms with Gasteiger partial charge in [-0.05, 0) is 30.9 Å². The van der Waals surface area contributed by atoms with E-state index in [0.717, 1.165) is 12.8 Å². The highest BCUT2D eigenvalue weighted by Gasteiger charge is 2.26. The number of rotatable bonds is 7. The van der Waals surface area contributed by atoms with E-state index in [1.165, 1.54) is 11.1 Å². The lowest BCUT2D eigenvalue weighted by molar-refractivity contribution is -0.132. The van der Waals surface area contributed by atoms with Gasteiger partial charge in [0.25, 0.3) is 0 Å². The molecule has 7 heteroatoms. The van der Waals surface area contributed by atoms with Gasteiger partial charge in [-0.1, -0.05) is 31.2 Å². The number of hydrogen-bond donors (Lipinski definition) is 2. The Balaban J connectivity index is 0.00000484. The molecule has 0 unspecified atom stereocenters. The van der Waals surface area contributed by atoms with Gasteiger partial charge in [-0.25, -0.2) is 0 Å². The Morgan fingerprint density at radius 1 is 1.04 bits per heavy atom. The topological polar surface area (TPSA) is 36.4 Å². The molecule has 0 aliphatic carbocycles. The summed E-state index contributed by atoms with van der Waals surface area (Å²) < 4.78 is 36.4. The molecule has 0 saturated heterocycles. The van der Waals surface area contributed by atoms with Crippen LogP contribution in [0.1, 0.15) is 31.4 Å². The first-order valence-electron chi connectivity index (χ1n) is 7.61.